The van der Waals surface area contributed by atoms with E-state index in [1.165, 1.54) is 11.1 Å². The summed E-state index contributed by atoms with van der Waals surface area (Å²) in [6, 6.07) is 4.08. The van der Waals surface area contributed by atoms with Gasteiger partial charge in [0, 0.05) is 16.3 Å². The SMILES string of the molecule is CC(C)(C)C(Br)CCc1cc(Cl)cc2c1OCC2. The van der Waals surface area contributed by atoms with Crippen LogP contribution in [0.25, 0.3) is 0 Å². The van der Waals surface area contributed by atoms with Crippen LogP contribution < -0.4 is 4.74 Å². The number of alkyl halides is 1. The zero-order valence-electron chi connectivity index (χ0n) is 11.2. The van der Waals surface area contributed by atoms with Gasteiger partial charge >= 0.3 is 0 Å². The van der Waals surface area contributed by atoms with Gasteiger partial charge in [0.25, 0.3) is 0 Å². The van der Waals surface area contributed by atoms with Crippen LogP contribution in [0.5, 0.6) is 5.75 Å². The van der Waals surface area contributed by atoms with E-state index in [2.05, 4.69) is 36.7 Å². The lowest BCUT2D eigenvalue weighted by molar-refractivity contribution is 0.350. The molecule has 100 valence electrons. The van der Waals surface area contributed by atoms with Gasteiger partial charge in [-0.15, -0.1) is 0 Å². The maximum atomic E-state index is 6.17. The van der Waals surface area contributed by atoms with Gasteiger partial charge in [-0.05, 0) is 41.5 Å². The van der Waals surface area contributed by atoms with Crippen molar-refractivity contribution in [3.63, 3.8) is 0 Å². The Morgan fingerprint density at radius 2 is 2.11 bits per heavy atom. The number of fused-ring (bicyclic) bond motifs is 1. The summed E-state index contributed by atoms with van der Waals surface area (Å²) >= 11 is 9.95. The second-order valence-electron chi connectivity index (χ2n) is 6.02. The fourth-order valence-corrected chi connectivity index (χ4v) is 2.74. The minimum Gasteiger partial charge on any atom is -0.493 e. The molecule has 18 heavy (non-hydrogen) atoms. The van der Waals surface area contributed by atoms with Gasteiger partial charge in [0.05, 0.1) is 6.61 Å². The summed E-state index contributed by atoms with van der Waals surface area (Å²) in [7, 11) is 0. The van der Waals surface area contributed by atoms with E-state index in [0.717, 1.165) is 36.6 Å². The van der Waals surface area contributed by atoms with Crippen molar-refractivity contribution in [3.05, 3.63) is 28.3 Å². The van der Waals surface area contributed by atoms with Crippen LogP contribution in [0, 0.1) is 5.41 Å². The minimum atomic E-state index is 0.280. The van der Waals surface area contributed by atoms with Gasteiger partial charge in [-0.1, -0.05) is 48.3 Å². The first kappa shape index (κ1) is 14.2. The molecule has 0 radical (unpaired) electrons. The van der Waals surface area contributed by atoms with Gasteiger partial charge in [-0.25, -0.2) is 0 Å². The first-order valence-electron chi connectivity index (χ1n) is 6.46. The number of halogens is 2. The number of benzene rings is 1. The van der Waals surface area contributed by atoms with Crippen LogP contribution in [0.3, 0.4) is 0 Å². The molecule has 0 saturated carbocycles. The van der Waals surface area contributed by atoms with E-state index >= 15 is 0 Å². The van der Waals surface area contributed by atoms with Crippen molar-refractivity contribution < 1.29 is 4.74 Å². The molecule has 2 rings (SSSR count). The molecule has 1 heterocycles. The van der Waals surface area contributed by atoms with Crippen LogP contribution in [-0.4, -0.2) is 11.4 Å². The average Bonchev–Trinajstić information content (AvgIpc) is 2.71. The largest absolute Gasteiger partial charge is 0.493 e. The monoisotopic (exact) mass is 330 g/mol. The quantitative estimate of drug-likeness (QED) is 0.707. The van der Waals surface area contributed by atoms with E-state index in [1.807, 2.05) is 12.1 Å². The molecule has 0 amide bonds. The predicted molar refractivity (Wildman–Crippen MR) is 81.1 cm³/mol. The maximum Gasteiger partial charge on any atom is 0.125 e. The molecular formula is C15H20BrClO. The molecule has 1 aromatic carbocycles. The van der Waals surface area contributed by atoms with E-state index in [1.54, 1.807) is 0 Å². The molecule has 1 unspecified atom stereocenters. The Morgan fingerprint density at radius 3 is 2.78 bits per heavy atom. The summed E-state index contributed by atoms with van der Waals surface area (Å²) in [4.78, 5) is 0.501. The molecule has 0 fully saturated rings. The summed E-state index contributed by atoms with van der Waals surface area (Å²) in [6.07, 6.45) is 3.09. The predicted octanol–water partition coefficient (Wildman–Crippen LogP) is 5.02. The standard InChI is InChI=1S/C15H20BrClO/c1-15(2,3)13(16)5-4-10-8-12(17)9-11-6-7-18-14(10)11/h8-9,13H,4-7H2,1-3H3. The van der Waals surface area contributed by atoms with Gasteiger partial charge in [0.1, 0.15) is 5.75 Å². The summed E-state index contributed by atoms with van der Waals surface area (Å²) < 4.78 is 5.73. The van der Waals surface area contributed by atoms with E-state index in [0.29, 0.717) is 4.83 Å². The highest BCUT2D eigenvalue weighted by Gasteiger charge is 2.23. The van der Waals surface area contributed by atoms with Crippen molar-refractivity contribution in [1.82, 2.24) is 0 Å². The molecule has 1 aliphatic rings. The minimum absolute atomic E-state index is 0.280. The second-order valence-corrected chi connectivity index (χ2v) is 7.57. The topological polar surface area (TPSA) is 9.23 Å². The molecule has 1 aromatic rings. The van der Waals surface area contributed by atoms with Crippen molar-refractivity contribution >= 4 is 27.5 Å². The third-order valence-corrected chi connectivity index (χ3v) is 5.48. The normalized spacial score (nSPS) is 16.3. The van der Waals surface area contributed by atoms with Gasteiger partial charge in [-0.2, -0.15) is 0 Å². The van der Waals surface area contributed by atoms with Crippen molar-refractivity contribution in [3.8, 4) is 5.75 Å². The van der Waals surface area contributed by atoms with Gasteiger partial charge in [0.15, 0.2) is 0 Å². The van der Waals surface area contributed by atoms with E-state index in [9.17, 15) is 0 Å². The molecule has 1 nitrogen and oxygen atoms in total. The Balaban J connectivity index is 2.11. The zero-order valence-corrected chi connectivity index (χ0v) is 13.6. The van der Waals surface area contributed by atoms with Crippen molar-refractivity contribution in [2.75, 3.05) is 6.61 Å². The lowest BCUT2D eigenvalue weighted by Crippen LogP contribution is -2.20. The summed E-state index contributed by atoms with van der Waals surface area (Å²) in [6.45, 7) is 7.56. The Labute approximate surface area is 123 Å². The number of rotatable bonds is 3. The van der Waals surface area contributed by atoms with Gasteiger partial charge < -0.3 is 4.74 Å². The molecular weight excluding hydrogens is 312 g/mol. The number of hydrogen-bond donors (Lipinski definition) is 0. The van der Waals surface area contributed by atoms with Gasteiger partial charge in [0.2, 0.25) is 0 Å². The third kappa shape index (κ3) is 3.21. The number of aryl methyl sites for hydroxylation is 1. The van der Waals surface area contributed by atoms with Crippen LogP contribution in [0.2, 0.25) is 5.02 Å². The van der Waals surface area contributed by atoms with Crippen molar-refractivity contribution in [1.29, 1.82) is 0 Å². The third-order valence-electron chi connectivity index (χ3n) is 3.43. The highest BCUT2D eigenvalue weighted by molar-refractivity contribution is 9.09. The summed E-state index contributed by atoms with van der Waals surface area (Å²) in [5.74, 6) is 1.08. The van der Waals surface area contributed by atoms with E-state index in [4.69, 9.17) is 16.3 Å². The first-order chi connectivity index (χ1) is 8.38. The Morgan fingerprint density at radius 1 is 1.39 bits per heavy atom. The molecule has 0 aliphatic carbocycles. The summed E-state index contributed by atoms with van der Waals surface area (Å²) in [5.41, 5.74) is 2.80. The average molecular weight is 332 g/mol. The van der Waals surface area contributed by atoms with E-state index < -0.39 is 0 Å². The molecule has 1 aliphatic heterocycles. The van der Waals surface area contributed by atoms with Crippen LogP contribution in [-0.2, 0) is 12.8 Å². The molecule has 0 bridgehead atoms. The van der Waals surface area contributed by atoms with E-state index in [-0.39, 0.29) is 5.41 Å². The fourth-order valence-electron chi connectivity index (χ4n) is 2.25. The van der Waals surface area contributed by atoms with Crippen LogP contribution in [0.1, 0.15) is 38.3 Å². The smallest absolute Gasteiger partial charge is 0.125 e. The Bertz CT molecular complexity index is 437. The highest BCUT2D eigenvalue weighted by Crippen LogP contribution is 2.36. The molecule has 0 aromatic heterocycles. The fraction of sp³-hybridized carbons (Fsp3) is 0.600. The van der Waals surface area contributed by atoms with Crippen molar-refractivity contribution in [2.24, 2.45) is 5.41 Å². The first-order valence-corrected chi connectivity index (χ1v) is 7.75. The van der Waals surface area contributed by atoms with Gasteiger partial charge in [-0.3, -0.25) is 0 Å². The zero-order chi connectivity index (χ0) is 13.3. The van der Waals surface area contributed by atoms with Crippen LogP contribution in [0.4, 0.5) is 0 Å². The molecule has 1 atom stereocenters. The Hall–Kier alpha value is -0.210. The lowest BCUT2D eigenvalue weighted by Gasteiger charge is -2.25. The highest BCUT2D eigenvalue weighted by atomic mass is 79.9. The number of ether oxygens (including phenoxy) is 1. The van der Waals surface area contributed by atoms with Crippen LogP contribution >= 0.6 is 27.5 Å². The molecule has 3 heteroatoms. The maximum absolute atomic E-state index is 6.17. The van der Waals surface area contributed by atoms with Crippen LogP contribution in [0.15, 0.2) is 12.1 Å². The Kier molecular flexibility index (Phi) is 4.28. The number of hydrogen-bond acceptors (Lipinski definition) is 1. The summed E-state index contributed by atoms with van der Waals surface area (Å²) in [5, 5.41) is 0.830. The molecule has 0 saturated heterocycles. The van der Waals surface area contributed by atoms with Crippen molar-refractivity contribution in [2.45, 2.75) is 44.9 Å². The second kappa shape index (κ2) is 5.42. The molecule has 0 spiro atoms. The lowest BCUT2D eigenvalue weighted by atomic mass is 9.88. The molecule has 0 N–H and O–H groups in total.